The highest BCUT2D eigenvalue weighted by Gasteiger charge is 2.46. The number of benzene rings is 2. The molecule has 0 aromatic heterocycles. The summed E-state index contributed by atoms with van der Waals surface area (Å²) in [5, 5.41) is 2.59. The Bertz CT molecular complexity index is 1190. The molecule has 1 heterocycles. The molecule has 0 aliphatic carbocycles. The topological polar surface area (TPSA) is 61.9 Å². The predicted octanol–water partition coefficient (Wildman–Crippen LogP) is 5.25. The Morgan fingerprint density at radius 3 is 2.29 bits per heavy atom. The second-order valence-corrected chi connectivity index (χ2v) is 9.70. The molecule has 0 bridgehead atoms. The summed E-state index contributed by atoms with van der Waals surface area (Å²) in [7, 11) is 3.36. The van der Waals surface area contributed by atoms with Gasteiger partial charge >= 0.3 is 12.4 Å². The number of hydrogen-bond donors (Lipinski definition) is 1. The highest BCUT2D eigenvalue weighted by atomic mass is 32.2. The molecule has 1 aliphatic rings. The Balaban J connectivity index is 1.98. The number of halogens is 6. The van der Waals surface area contributed by atoms with Crippen LogP contribution in [0.4, 0.5) is 32.0 Å². The molecule has 0 atom stereocenters. The molecule has 2 amide bonds. The van der Waals surface area contributed by atoms with Gasteiger partial charge < -0.3 is 19.9 Å². The molecule has 2 aromatic carbocycles. The van der Waals surface area contributed by atoms with E-state index in [0.29, 0.717) is 11.8 Å². The zero-order chi connectivity index (χ0) is 28.1. The maximum atomic E-state index is 14.1. The summed E-state index contributed by atoms with van der Waals surface area (Å²) in [6.45, 7) is 1.05. The lowest BCUT2D eigenvalue weighted by atomic mass is 9.99. The lowest BCUT2D eigenvalue weighted by Crippen LogP contribution is -2.39. The largest absolute Gasteiger partial charge is 0.418 e. The van der Waals surface area contributed by atoms with Crippen LogP contribution in [0.15, 0.2) is 52.3 Å². The van der Waals surface area contributed by atoms with Gasteiger partial charge in [-0.2, -0.15) is 26.3 Å². The van der Waals surface area contributed by atoms with Crippen molar-refractivity contribution in [3.05, 3.63) is 59.2 Å². The summed E-state index contributed by atoms with van der Waals surface area (Å²) in [6.07, 6.45) is -9.11. The molecule has 3 rings (SSSR count). The van der Waals surface area contributed by atoms with Gasteiger partial charge in [0, 0.05) is 34.6 Å². The zero-order valence-electron chi connectivity index (χ0n) is 20.4. The quantitative estimate of drug-likeness (QED) is 0.370. The number of amides is 2. The smallest absolute Gasteiger partial charge is 0.378 e. The van der Waals surface area contributed by atoms with Crippen LogP contribution in [0.1, 0.15) is 16.7 Å². The maximum absolute atomic E-state index is 14.1. The molecule has 0 unspecified atom stereocenters. The van der Waals surface area contributed by atoms with Crippen molar-refractivity contribution in [2.45, 2.75) is 22.1 Å². The average molecular weight is 562 g/mol. The van der Waals surface area contributed by atoms with Crippen molar-refractivity contribution >= 4 is 35.3 Å². The molecule has 38 heavy (non-hydrogen) atoms. The molecule has 1 fully saturated rings. The van der Waals surface area contributed by atoms with Crippen molar-refractivity contribution in [2.75, 3.05) is 52.3 Å². The Morgan fingerprint density at radius 1 is 1.03 bits per heavy atom. The van der Waals surface area contributed by atoms with Gasteiger partial charge in [-0.3, -0.25) is 9.59 Å². The molecule has 1 aliphatic heterocycles. The fraction of sp³-hybridized carbons (Fsp3) is 0.360. The number of hydrogen-bond acceptors (Lipinski definition) is 5. The van der Waals surface area contributed by atoms with E-state index in [9.17, 15) is 35.9 Å². The highest BCUT2D eigenvalue weighted by molar-refractivity contribution is 7.99. The summed E-state index contributed by atoms with van der Waals surface area (Å²) in [5.41, 5.74) is -4.22. The van der Waals surface area contributed by atoms with Crippen LogP contribution in [0, 0.1) is 0 Å². The number of nitrogens with zero attached hydrogens (tertiary/aromatic N) is 2. The summed E-state index contributed by atoms with van der Waals surface area (Å²) in [5.74, 6) is -0.989. The molecule has 0 radical (unpaired) electrons. The van der Waals surface area contributed by atoms with Gasteiger partial charge in [-0.05, 0) is 50.0 Å². The van der Waals surface area contributed by atoms with E-state index in [-0.39, 0.29) is 49.3 Å². The highest BCUT2D eigenvalue weighted by Crippen LogP contribution is 2.48. The number of alkyl halides is 6. The first kappa shape index (κ1) is 29.5. The van der Waals surface area contributed by atoms with E-state index in [4.69, 9.17) is 4.74 Å². The Labute approximate surface area is 219 Å². The summed E-state index contributed by atoms with van der Waals surface area (Å²) in [4.78, 5) is 26.8. The van der Waals surface area contributed by atoms with Crippen molar-refractivity contribution in [1.82, 2.24) is 9.80 Å². The second-order valence-electron chi connectivity index (χ2n) is 8.59. The minimum atomic E-state index is -5.36. The number of rotatable bonds is 7. The molecule has 13 heteroatoms. The number of ether oxygens (including phenoxy) is 1. The third-order valence-electron chi connectivity index (χ3n) is 5.30. The van der Waals surface area contributed by atoms with Crippen LogP contribution in [0.25, 0.3) is 6.08 Å². The van der Waals surface area contributed by atoms with Crippen molar-refractivity contribution in [2.24, 2.45) is 0 Å². The van der Waals surface area contributed by atoms with E-state index in [1.165, 1.54) is 29.2 Å². The van der Waals surface area contributed by atoms with Crippen LogP contribution >= 0.6 is 11.8 Å². The molecular formula is C25H25F6N3O3S. The first-order chi connectivity index (χ1) is 17.8. The number of nitrogens with one attached hydrogen (secondary N) is 1. The predicted molar refractivity (Wildman–Crippen MR) is 131 cm³/mol. The molecule has 2 aromatic rings. The number of morpholine rings is 1. The van der Waals surface area contributed by atoms with E-state index in [2.05, 4.69) is 5.32 Å². The monoisotopic (exact) mass is 561 g/mol. The molecule has 1 N–H and O–H groups in total. The second kappa shape index (κ2) is 12.2. The minimum Gasteiger partial charge on any atom is -0.378 e. The third-order valence-corrected chi connectivity index (χ3v) is 6.35. The molecule has 6 nitrogen and oxygen atoms in total. The Morgan fingerprint density at radius 2 is 1.68 bits per heavy atom. The van der Waals surface area contributed by atoms with Gasteiger partial charge in [-0.1, -0.05) is 23.9 Å². The van der Waals surface area contributed by atoms with Crippen molar-refractivity contribution in [3.8, 4) is 0 Å². The van der Waals surface area contributed by atoms with E-state index in [1.54, 1.807) is 19.0 Å². The van der Waals surface area contributed by atoms with Crippen molar-refractivity contribution in [1.29, 1.82) is 0 Å². The first-order valence-electron chi connectivity index (χ1n) is 11.3. The van der Waals surface area contributed by atoms with Gasteiger partial charge in [0.1, 0.15) is 0 Å². The lowest BCUT2D eigenvalue weighted by molar-refractivity contribution is -0.163. The van der Waals surface area contributed by atoms with Crippen LogP contribution in [-0.4, -0.2) is 68.6 Å². The molecule has 206 valence electrons. The van der Waals surface area contributed by atoms with E-state index >= 15 is 0 Å². The molecule has 1 saturated heterocycles. The minimum absolute atomic E-state index is 0.0631. The van der Waals surface area contributed by atoms with Gasteiger partial charge in [0.2, 0.25) is 11.8 Å². The zero-order valence-corrected chi connectivity index (χ0v) is 21.3. The van der Waals surface area contributed by atoms with Crippen LogP contribution < -0.4 is 5.32 Å². The van der Waals surface area contributed by atoms with E-state index < -0.39 is 39.8 Å². The van der Waals surface area contributed by atoms with Gasteiger partial charge in [-0.25, -0.2) is 0 Å². The van der Waals surface area contributed by atoms with Crippen molar-refractivity contribution < 1.29 is 40.7 Å². The number of carbonyl (C=O) groups excluding carboxylic acids is 2. The van der Waals surface area contributed by atoms with E-state index in [0.717, 1.165) is 24.3 Å². The van der Waals surface area contributed by atoms with E-state index in [1.807, 2.05) is 0 Å². The maximum Gasteiger partial charge on any atom is 0.418 e. The van der Waals surface area contributed by atoms with Gasteiger partial charge in [0.05, 0.1) is 30.9 Å². The number of carbonyl (C=O) groups is 2. The van der Waals surface area contributed by atoms with Gasteiger partial charge in [0.25, 0.3) is 0 Å². The Hall–Kier alpha value is -3.03. The SMILES string of the molecule is CN(C)CC(=O)Nc1cccc(Sc2ccc(/C=C/C(=O)N3CCOCC3)c(C(F)(F)F)c2C(F)(F)F)c1. The van der Waals surface area contributed by atoms with Crippen LogP contribution in [0.2, 0.25) is 0 Å². The van der Waals surface area contributed by atoms with Gasteiger partial charge in [-0.15, -0.1) is 0 Å². The molecule has 0 spiro atoms. The summed E-state index contributed by atoms with van der Waals surface area (Å²) < 4.78 is 89.5. The standard InChI is InChI=1S/C25H25F6N3O3S/c1-33(2)15-20(35)32-17-4-3-5-18(14-17)38-19-8-6-16(7-9-21(36)34-10-12-37-13-11-34)22(24(26,27)28)23(19)25(29,30)31/h3-9,14H,10-13,15H2,1-2H3,(H,32,35)/b9-7+. The summed E-state index contributed by atoms with van der Waals surface area (Å²) in [6, 6.07) is 7.64. The van der Waals surface area contributed by atoms with Crippen LogP contribution in [0.5, 0.6) is 0 Å². The van der Waals surface area contributed by atoms with Crippen LogP contribution in [0.3, 0.4) is 0 Å². The summed E-state index contributed by atoms with van der Waals surface area (Å²) >= 11 is 0.487. The number of anilines is 1. The number of likely N-dealkylation sites (N-methyl/N-ethyl adjacent to an activating group) is 1. The average Bonchev–Trinajstić information content (AvgIpc) is 2.81. The fourth-order valence-electron chi connectivity index (χ4n) is 3.71. The first-order valence-corrected chi connectivity index (χ1v) is 12.2. The molecule has 0 saturated carbocycles. The molecular weight excluding hydrogens is 536 g/mol. The van der Waals surface area contributed by atoms with Crippen LogP contribution in [-0.2, 0) is 26.7 Å². The normalized spacial score (nSPS) is 14.8. The third kappa shape index (κ3) is 7.98. The fourth-order valence-corrected chi connectivity index (χ4v) is 4.76. The van der Waals surface area contributed by atoms with Gasteiger partial charge in [0.15, 0.2) is 0 Å². The lowest BCUT2D eigenvalue weighted by Gasteiger charge is -2.25. The Kier molecular flexibility index (Phi) is 9.49. The van der Waals surface area contributed by atoms with Crippen molar-refractivity contribution in [3.63, 3.8) is 0 Å².